The summed E-state index contributed by atoms with van der Waals surface area (Å²) in [6.45, 7) is 0. The Hall–Kier alpha value is -1.78. The fraction of sp³-hybridized carbons (Fsp3) is 0.111. The van der Waals surface area contributed by atoms with Crippen LogP contribution in [0.5, 0.6) is 0 Å². The van der Waals surface area contributed by atoms with E-state index in [9.17, 15) is 0 Å². The summed E-state index contributed by atoms with van der Waals surface area (Å²) in [5, 5.41) is 5.42. The van der Waals surface area contributed by atoms with Crippen molar-refractivity contribution in [1.29, 1.82) is 0 Å². The first-order valence-corrected chi connectivity index (χ1v) is 8.89. The van der Waals surface area contributed by atoms with Gasteiger partial charge in [0.1, 0.15) is 0 Å². The highest BCUT2D eigenvalue weighted by atomic mass is 32.2. The summed E-state index contributed by atoms with van der Waals surface area (Å²) in [5.74, 6) is 0. The largest absolute Gasteiger partial charge is 0.338 e. The van der Waals surface area contributed by atoms with E-state index in [1.807, 2.05) is 23.5 Å². The lowest BCUT2D eigenvalue weighted by molar-refractivity contribution is 0.799. The molecule has 0 saturated heterocycles. The second-order valence-corrected chi connectivity index (χ2v) is 7.62. The Morgan fingerprint density at radius 1 is 0.636 bits per heavy atom. The molecule has 4 heteroatoms. The van der Waals surface area contributed by atoms with E-state index in [1.54, 1.807) is 0 Å². The molecule has 22 heavy (non-hydrogen) atoms. The molecule has 0 aliphatic carbocycles. The summed E-state index contributed by atoms with van der Waals surface area (Å²) >= 11 is 3.81. The lowest BCUT2D eigenvalue weighted by Crippen LogP contribution is -1.96. The summed E-state index contributed by atoms with van der Waals surface area (Å²) < 4.78 is 4.64. The summed E-state index contributed by atoms with van der Waals surface area (Å²) in [7, 11) is 4.34. The molecule has 1 aliphatic heterocycles. The van der Waals surface area contributed by atoms with Crippen molar-refractivity contribution in [2.45, 2.75) is 19.8 Å². The summed E-state index contributed by atoms with van der Waals surface area (Å²) in [5.41, 5.74) is 2.62. The molecule has 3 heterocycles. The number of hydrogen-bond acceptors (Lipinski definition) is 2. The first-order chi connectivity index (χ1) is 10.8. The number of para-hydroxylation sites is 2. The van der Waals surface area contributed by atoms with Gasteiger partial charge in [0.15, 0.2) is 0 Å². The molecule has 2 aromatic heterocycles. The van der Waals surface area contributed by atoms with Crippen LogP contribution in [-0.4, -0.2) is 9.13 Å². The zero-order valence-corrected chi connectivity index (χ0v) is 14.0. The lowest BCUT2D eigenvalue weighted by Gasteiger charge is -2.15. The first kappa shape index (κ1) is 12.7. The molecule has 4 aromatic rings. The number of hydrogen-bond donors (Lipinski definition) is 0. The topological polar surface area (TPSA) is 9.86 Å². The van der Waals surface area contributed by atoms with E-state index in [1.165, 1.54) is 41.6 Å². The Labute approximate surface area is 137 Å². The van der Waals surface area contributed by atoms with Crippen LogP contribution in [0.3, 0.4) is 0 Å². The van der Waals surface area contributed by atoms with Gasteiger partial charge in [0.2, 0.25) is 0 Å². The zero-order chi connectivity index (χ0) is 14.8. The van der Waals surface area contributed by atoms with E-state index < -0.39 is 0 Å². The van der Waals surface area contributed by atoms with Crippen LogP contribution >= 0.6 is 23.5 Å². The maximum absolute atomic E-state index is 2.32. The van der Waals surface area contributed by atoms with Crippen LogP contribution in [0.4, 0.5) is 0 Å². The van der Waals surface area contributed by atoms with Gasteiger partial charge < -0.3 is 9.13 Å². The third-order valence-corrected chi connectivity index (χ3v) is 7.25. The van der Waals surface area contributed by atoms with Gasteiger partial charge in [0.05, 0.1) is 19.8 Å². The maximum atomic E-state index is 2.32. The molecular formula is C18H14N2S2. The molecule has 0 saturated carbocycles. The van der Waals surface area contributed by atoms with Crippen LogP contribution in [0, 0.1) is 0 Å². The van der Waals surface area contributed by atoms with Crippen molar-refractivity contribution < 1.29 is 0 Å². The first-order valence-electron chi connectivity index (χ1n) is 7.26. The van der Waals surface area contributed by atoms with E-state index in [4.69, 9.17) is 0 Å². The second kappa shape index (κ2) is 4.37. The molecule has 0 radical (unpaired) electrons. The molecule has 0 bridgehead atoms. The van der Waals surface area contributed by atoms with Crippen molar-refractivity contribution in [3.8, 4) is 0 Å². The minimum Gasteiger partial charge on any atom is -0.338 e. The van der Waals surface area contributed by atoms with Crippen LogP contribution in [0.15, 0.2) is 68.4 Å². The molecular weight excluding hydrogens is 308 g/mol. The summed E-state index contributed by atoms with van der Waals surface area (Å²) in [4.78, 5) is 2.79. The summed E-state index contributed by atoms with van der Waals surface area (Å²) in [6, 6.07) is 17.4. The van der Waals surface area contributed by atoms with Crippen LogP contribution in [0.1, 0.15) is 0 Å². The van der Waals surface area contributed by atoms with Gasteiger partial charge in [-0.15, -0.1) is 0 Å². The van der Waals surface area contributed by atoms with E-state index >= 15 is 0 Å². The highest BCUT2D eigenvalue weighted by molar-refractivity contribution is 8.05. The van der Waals surface area contributed by atoms with Crippen molar-refractivity contribution in [2.24, 2.45) is 14.1 Å². The highest BCUT2D eigenvalue weighted by Crippen LogP contribution is 2.54. The molecule has 0 spiro atoms. The molecule has 0 unspecified atom stereocenters. The Balaban J connectivity index is 1.85. The van der Waals surface area contributed by atoms with Crippen LogP contribution in [-0.2, 0) is 14.1 Å². The maximum Gasteiger partial charge on any atom is 0.0961 e. The Morgan fingerprint density at radius 2 is 1.09 bits per heavy atom. The standard InChI is InChI=1S/C18H14N2S2/c1-19-13-9-5-3-7-11(13)15-17(19)22-18-16(21-15)12-8-4-6-10-14(12)20(18)2/h3-10H,1-2H3. The average molecular weight is 322 g/mol. The fourth-order valence-electron chi connectivity index (χ4n) is 3.29. The molecule has 1 aliphatic rings. The Morgan fingerprint density at radius 3 is 1.59 bits per heavy atom. The van der Waals surface area contributed by atoms with E-state index in [0.29, 0.717) is 0 Å². The minimum absolute atomic E-state index is 1.31. The predicted molar refractivity (Wildman–Crippen MR) is 94.1 cm³/mol. The normalized spacial score (nSPS) is 13.5. The molecule has 0 atom stereocenters. The molecule has 5 rings (SSSR count). The molecule has 0 N–H and O–H groups in total. The number of aryl methyl sites for hydroxylation is 2. The van der Waals surface area contributed by atoms with E-state index in [2.05, 4.69) is 71.8 Å². The van der Waals surface area contributed by atoms with Crippen molar-refractivity contribution >= 4 is 45.3 Å². The van der Waals surface area contributed by atoms with Crippen LogP contribution < -0.4 is 0 Å². The van der Waals surface area contributed by atoms with Gasteiger partial charge in [-0.05, 0) is 12.1 Å². The highest BCUT2D eigenvalue weighted by Gasteiger charge is 2.28. The third-order valence-electron chi connectivity index (χ3n) is 4.42. The van der Waals surface area contributed by atoms with Gasteiger partial charge in [-0.25, -0.2) is 0 Å². The number of rotatable bonds is 0. The SMILES string of the molecule is Cn1c2c(c3ccccc31)Sc1c(n(C)c3ccccc13)S2. The minimum atomic E-state index is 1.31. The van der Waals surface area contributed by atoms with Crippen molar-refractivity contribution in [2.75, 3.05) is 0 Å². The quantitative estimate of drug-likeness (QED) is 0.383. The van der Waals surface area contributed by atoms with Gasteiger partial charge in [-0.2, -0.15) is 0 Å². The summed E-state index contributed by atoms with van der Waals surface area (Å²) in [6.07, 6.45) is 0. The average Bonchev–Trinajstić information content (AvgIpc) is 3.01. The Bertz CT molecular complexity index is 972. The molecule has 2 nitrogen and oxygen atoms in total. The van der Waals surface area contributed by atoms with Crippen molar-refractivity contribution in [1.82, 2.24) is 9.13 Å². The molecule has 108 valence electrons. The third kappa shape index (κ3) is 1.49. The van der Waals surface area contributed by atoms with Crippen molar-refractivity contribution in [3.63, 3.8) is 0 Å². The van der Waals surface area contributed by atoms with Gasteiger partial charge in [-0.3, -0.25) is 0 Å². The van der Waals surface area contributed by atoms with Crippen LogP contribution in [0.25, 0.3) is 21.8 Å². The number of fused-ring (bicyclic) bond motifs is 6. The smallest absolute Gasteiger partial charge is 0.0961 e. The Kier molecular flexibility index (Phi) is 2.53. The monoisotopic (exact) mass is 322 g/mol. The fourth-order valence-corrected chi connectivity index (χ4v) is 6.07. The van der Waals surface area contributed by atoms with Gasteiger partial charge in [0.25, 0.3) is 0 Å². The van der Waals surface area contributed by atoms with Gasteiger partial charge in [-0.1, -0.05) is 59.9 Å². The molecule has 0 fully saturated rings. The number of nitrogens with zero attached hydrogens (tertiary/aromatic N) is 2. The van der Waals surface area contributed by atoms with Crippen molar-refractivity contribution in [3.05, 3.63) is 48.5 Å². The number of aromatic nitrogens is 2. The molecule has 2 aromatic carbocycles. The molecule has 0 amide bonds. The zero-order valence-electron chi connectivity index (χ0n) is 12.3. The lowest BCUT2D eigenvalue weighted by atomic mass is 10.2. The van der Waals surface area contributed by atoms with Gasteiger partial charge in [0, 0.05) is 35.9 Å². The van der Waals surface area contributed by atoms with E-state index in [-0.39, 0.29) is 0 Å². The number of benzene rings is 2. The second-order valence-electron chi connectivity index (χ2n) is 5.63. The van der Waals surface area contributed by atoms with Gasteiger partial charge >= 0.3 is 0 Å². The van der Waals surface area contributed by atoms with Crippen LogP contribution in [0.2, 0.25) is 0 Å². The predicted octanol–water partition coefficient (Wildman–Crippen LogP) is 5.29. The van der Waals surface area contributed by atoms with E-state index in [0.717, 1.165) is 0 Å².